The van der Waals surface area contributed by atoms with Crippen LogP contribution in [0, 0.1) is 0 Å². The predicted octanol–water partition coefficient (Wildman–Crippen LogP) is 1.99. The van der Waals surface area contributed by atoms with E-state index in [1.54, 1.807) is 30.3 Å². The summed E-state index contributed by atoms with van der Waals surface area (Å²) in [6.45, 7) is -0.261. The number of carbonyl (C=O) groups is 2. The van der Waals surface area contributed by atoms with Gasteiger partial charge in [0.2, 0.25) is 5.91 Å². The van der Waals surface area contributed by atoms with Gasteiger partial charge in [-0.1, -0.05) is 12.1 Å². The van der Waals surface area contributed by atoms with E-state index >= 15 is 0 Å². The van der Waals surface area contributed by atoms with E-state index < -0.39 is 15.7 Å². The van der Waals surface area contributed by atoms with Crippen LogP contribution in [0.15, 0.2) is 47.4 Å². The minimum absolute atomic E-state index is 0.0184. The maximum Gasteiger partial charge on any atom is 0.262 e. The smallest absolute Gasteiger partial charge is 0.262 e. The fraction of sp³-hybridized carbons (Fsp3) is 0.222. The van der Waals surface area contributed by atoms with E-state index in [0.717, 1.165) is 17.5 Å². The normalized spacial score (nSPS) is 13.5. The van der Waals surface area contributed by atoms with Crippen molar-refractivity contribution in [3.8, 4) is 5.75 Å². The summed E-state index contributed by atoms with van der Waals surface area (Å²) < 4.78 is 29.0. The highest BCUT2D eigenvalue weighted by atomic mass is 32.2. The fourth-order valence-electron chi connectivity index (χ4n) is 2.68. The van der Waals surface area contributed by atoms with Crippen molar-refractivity contribution in [3.63, 3.8) is 0 Å². The van der Waals surface area contributed by atoms with E-state index in [1.807, 2.05) is 0 Å². The molecule has 1 aliphatic heterocycles. The molecule has 136 valence electrons. The number of ether oxygens (including phenoxy) is 1. The van der Waals surface area contributed by atoms with E-state index in [2.05, 4.69) is 10.6 Å². The Kier molecular flexibility index (Phi) is 4.94. The third-order valence-corrected chi connectivity index (χ3v) is 5.06. The summed E-state index contributed by atoms with van der Waals surface area (Å²) in [4.78, 5) is 23.5. The molecule has 0 saturated heterocycles. The van der Waals surface area contributed by atoms with E-state index in [4.69, 9.17) is 4.74 Å². The topological polar surface area (TPSA) is 102 Å². The molecule has 0 aromatic heterocycles. The van der Waals surface area contributed by atoms with Crippen LogP contribution < -0.4 is 15.4 Å². The molecule has 0 unspecified atom stereocenters. The molecule has 26 heavy (non-hydrogen) atoms. The van der Waals surface area contributed by atoms with Gasteiger partial charge in [0.1, 0.15) is 5.75 Å². The van der Waals surface area contributed by atoms with E-state index in [0.29, 0.717) is 18.6 Å². The average molecular weight is 374 g/mol. The predicted molar refractivity (Wildman–Crippen MR) is 97.1 cm³/mol. The second-order valence-corrected chi connectivity index (χ2v) is 7.96. The molecule has 2 N–H and O–H groups in total. The van der Waals surface area contributed by atoms with Crippen LogP contribution in [0.25, 0.3) is 0 Å². The molecule has 0 spiro atoms. The number of nitrogens with one attached hydrogen (secondary N) is 2. The van der Waals surface area contributed by atoms with Crippen molar-refractivity contribution in [1.82, 2.24) is 0 Å². The molecule has 0 fully saturated rings. The summed E-state index contributed by atoms with van der Waals surface area (Å²) in [7, 11) is -3.45. The number of fused-ring (bicyclic) bond motifs is 1. The third-order valence-electron chi connectivity index (χ3n) is 3.90. The van der Waals surface area contributed by atoms with Gasteiger partial charge in [0.15, 0.2) is 16.4 Å². The van der Waals surface area contributed by atoms with Crippen LogP contribution in [0.4, 0.5) is 11.4 Å². The van der Waals surface area contributed by atoms with E-state index in [1.165, 1.54) is 12.1 Å². The molecule has 1 heterocycles. The Morgan fingerprint density at radius 2 is 1.96 bits per heavy atom. The molecule has 2 aromatic rings. The van der Waals surface area contributed by atoms with Gasteiger partial charge in [-0.2, -0.15) is 0 Å². The number of sulfone groups is 1. The SMILES string of the molecule is CS(=O)(=O)c1ccccc1NC(=O)COc1ccc2c(c1)CCC(=O)N2. The second kappa shape index (κ2) is 7.17. The number of anilines is 2. The molecule has 3 rings (SSSR count). The lowest BCUT2D eigenvalue weighted by Crippen LogP contribution is -2.22. The van der Waals surface area contributed by atoms with Crippen molar-refractivity contribution in [2.75, 3.05) is 23.5 Å². The largest absolute Gasteiger partial charge is 0.484 e. The van der Waals surface area contributed by atoms with Crippen molar-refractivity contribution in [3.05, 3.63) is 48.0 Å². The van der Waals surface area contributed by atoms with Crippen LogP contribution in [-0.4, -0.2) is 33.1 Å². The molecule has 0 saturated carbocycles. The van der Waals surface area contributed by atoms with Gasteiger partial charge >= 0.3 is 0 Å². The number of benzene rings is 2. The van der Waals surface area contributed by atoms with Crippen LogP contribution in [0.2, 0.25) is 0 Å². The van der Waals surface area contributed by atoms with Gasteiger partial charge < -0.3 is 15.4 Å². The Morgan fingerprint density at radius 3 is 2.73 bits per heavy atom. The number of para-hydroxylation sites is 1. The summed E-state index contributed by atoms with van der Waals surface area (Å²) in [5.74, 6) is 0.0219. The van der Waals surface area contributed by atoms with Crippen LogP contribution in [-0.2, 0) is 25.8 Å². The molecule has 2 aromatic carbocycles. The maximum atomic E-state index is 12.1. The van der Waals surface area contributed by atoms with Crippen LogP contribution in [0.5, 0.6) is 5.75 Å². The summed E-state index contributed by atoms with van der Waals surface area (Å²) in [6.07, 6.45) is 2.12. The highest BCUT2D eigenvalue weighted by Gasteiger charge is 2.17. The molecular weight excluding hydrogens is 356 g/mol. The van der Waals surface area contributed by atoms with Crippen LogP contribution >= 0.6 is 0 Å². The second-order valence-electron chi connectivity index (χ2n) is 5.97. The zero-order valence-electron chi connectivity index (χ0n) is 14.1. The van der Waals surface area contributed by atoms with Crippen LogP contribution in [0.1, 0.15) is 12.0 Å². The van der Waals surface area contributed by atoms with Crippen LogP contribution in [0.3, 0.4) is 0 Å². The highest BCUT2D eigenvalue weighted by molar-refractivity contribution is 7.90. The van der Waals surface area contributed by atoms with Gasteiger partial charge in [0.05, 0.1) is 10.6 Å². The molecule has 2 amide bonds. The van der Waals surface area contributed by atoms with Crippen molar-refractivity contribution < 1.29 is 22.7 Å². The van der Waals surface area contributed by atoms with Crippen molar-refractivity contribution in [1.29, 1.82) is 0 Å². The lowest BCUT2D eigenvalue weighted by Gasteiger charge is -2.17. The Balaban J connectivity index is 1.65. The zero-order valence-corrected chi connectivity index (χ0v) is 14.9. The molecule has 0 radical (unpaired) electrons. The molecule has 0 atom stereocenters. The molecule has 8 heteroatoms. The molecular formula is C18H18N2O5S. The van der Waals surface area contributed by atoms with E-state index in [9.17, 15) is 18.0 Å². The fourth-order valence-corrected chi connectivity index (χ4v) is 3.52. The van der Waals surface area contributed by atoms with Crippen molar-refractivity contribution in [2.24, 2.45) is 0 Å². The number of carbonyl (C=O) groups excluding carboxylic acids is 2. The first-order valence-corrected chi connectivity index (χ1v) is 9.86. The monoisotopic (exact) mass is 374 g/mol. The average Bonchev–Trinajstić information content (AvgIpc) is 2.59. The minimum Gasteiger partial charge on any atom is -0.484 e. The lowest BCUT2D eigenvalue weighted by atomic mass is 10.0. The Labute approximate surface area is 151 Å². The summed E-state index contributed by atoms with van der Waals surface area (Å²) in [5.41, 5.74) is 1.92. The Bertz CT molecular complexity index is 969. The zero-order chi connectivity index (χ0) is 18.7. The number of aryl methyl sites for hydroxylation is 1. The molecule has 7 nitrogen and oxygen atoms in total. The maximum absolute atomic E-state index is 12.1. The summed E-state index contributed by atoms with van der Waals surface area (Å²) in [5, 5.41) is 5.33. The standard InChI is InChI=1S/C18H18N2O5S/c1-26(23,24)16-5-3-2-4-15(16)20-18(22)11-25-13-7-8-14-12(10-13)6-9-17(21)19-14/h2-5,7-8,10H,6,9,11H2,1H3,(H,19,21)(H,20,22). The minimum atomic E-state index is -3.45. The Morgan fingerprint density at radius 1 is 1.19 bits per heavy atom. The molecule has 0 bridgehead atoms. The quantitative estimate of drug-likeness (QED) is 0.833. The first-order valence-electron chi connectivity index (χ1n) is 7.97. The number of hydrogen-bond donors (Lipinski definition) is 2. The Hall–Kier alpha value is -2.87. The van der Waals surface area contributed by atoms with Crippen molar-refractivity contribution in [2.45, 2.75) is 17.7 Å². The van der Waals surface area contributed by atoms with Gasteiger partial charge in [0, 0.05) is 18.4 Å². The van der Waals surface area contributed by atoms with Gasteiger partial charge in [-0.15, -0.1) is 0 Å². The molecule has 0 aliphatic carbocycles. The highest BCUT2D eigenvalue weighted by Crippen LogP contribution is 2.27. The lowest BCUT2D eigenvalue weighted by molar-refractivity contribution is -0.118. The summed E-state index contributed by atoms with van der Waals surface area (Å²) in [6, 6.07) is 11.4. The van der Waals surface area contributed by atoms with Crippen molar-refractivity contribution >= 4 is 33.0 Å². The number of hydrogen-bond acceptors (Lipinski definition) is 5. The van der Waals surface area contributed by atoms with Gasteiger partial charge in [-0.05, 0) is 42.3 Å². The van der Waals surface area contributed by atoms with E-state index in [-0.39, 0.29) is 23.1 Å². The first kappa shape index (κ1) is 17.9. The molecule has 1 aliphatic rings. The van der Waals surface area contributed by atoms with Gasteiger partial charge in [-0.3, -0.25) is 9.59 Å². The number of rotatable bonds is 5. The third kappa shape index (κ3) is 4.20. The van der Waals surface area contributed by atoms with Gasteiger partial charge in [-0.25, -0.2) is 8.42 Å². The summed E-state index contributed by atoms with van der Waals surface area (Å²) >= 11 is 0. The first-order chi connectivity index (χ1) is 12.3. The number of amides is 2. The van der Waals surface area contributed by atoms with Gasteiger partial charge in [0.25, 0.3) is 5.91 Å².